The summed E-state index contributed by atoms with van der Waals surface area (Å²) >= 11 is 0. The number of aryl methyl sites for hydroxylation is 1. The quantitative estimate of drug-likeness (QED) is 0.190. The summed E-state index contributed by atoms with van der Waals surface area (Å²) in [6.07, 6.45) is 2.71. The Balaban J connectivity index is 0.00000625. The van der Waals surface area contributed by atoms with E-state index >= 15 is 0 Å². The van der Waals surface area contributed by atoms with Crippen LogP contribution in [0.5, 0.6) is 0 Å². The van der Waals surface area contributed by atoms with Crippen LogP contribution in [0.1, 0.15) is 39.2 Å². The van der Waals surface area contributed by atoms with Gasteiger partial charge in [-0.15, -0.1) is 24.0 Å². The fourth-order valence-corrected chi connectivity index (χ4v) is 2.91. The van der Waals surface area contributed by atoms with E-state index in [4.69, 9.17) is 0 Å². The van der Waals surface area contributed by atoms with E-state index in [9.17, 15) is 8.42 Å². The average Bonchev–Trinajstić information content (AvgIpc) is 2.60. The lowest BCUT2D eigenvalue weighted by atomic mass is 10.1. The molecule has 0 radical (unpaired) electrons. The number of benzene rings is 1. The molecular weight excluding hydrogens is 463 g/mol. The Morgan fingerprint density at radius 1 is 1.19 bits per heavy atom. The Morgan fingerprint density at radius 3 is 2.50 bits per heavy atom. The highest BCUT2D eigenvalue weighted by Gasteiger charge is 2.06. The molecule has 1 atom stereocenters. The van der Waals surface area contributed by atoms with Crippen molar-refractivity contribution in [2.75, 3.05) is 25.4 Å². The van der Waals surface area contributed by atoms with Gasteiger partial charge in [-0.25, -0.2) is 13.1 Å². The molecule has 26 heavy (non-hydrogen) atoms. The largest absolute Gasteiger partial charge is 0.357 e. The molecule has 0 aliphatic heterocycles. The van der Waals surface area contributed by atoms with Gasteiger partial charge in [0.2, 0.25) is 10.0 Å². The molecule has 0 aliphatic carbocycles. The van der Waals surface area contributed by atoms with Gasteiger partial charge in [0.05, 0.1) is 5.75 Å². The molecule has 0 amide bonds. The third-order valence-corrected chi connectivity index (χ3v) is 5.15. The van der Waals surface area contributed by atoms with Crippen LogP contribution in [0.25, 0.3) is 0 Å². The fraction of sp³-hybridized carbons (Fsp3) is 0.611. The van der Waals surface area contributed by atoms with Gasteiger partial charge in [0.25, 0.3) is 0 Å². The maximum absolute atomic E-state index is 11.4. The van der Waals surface area contributed by atoms with E-state index < -0.39 is 10.0 Å². The molecule has 0 aromatic heterocycles. The van der Waals surface area contributed by atoms with Gasteiger partial charge >= 0.3 is 0 Å². The van der Waals surface area contributed by atoms with Gasteiger partial charge in [-0.2, -0.15) is 0 Å². The summed E-state index contributed by atoms with van der Waals surface area (Å²) in [6, 6.07) is 10.7. The highest BCUT2D eigenvalue weighted by Crippen LogP contribution is 2.04. The predicted molar refractivity (Wildman–Crippen MR) is 121 cm³/mol. The molecule has 150 valence electrons. The highest BCUT2D eigenvalue weighted by molar-refractivity contribution is 14.0. The lowest BCUT2D eigenvalue weighted by molar-refractivity contribution is 0.580. The number of sulfonamides is 1. The van der Waals surface area contributed by atoms with E-state index in [0.717, 1.165) is 25.3 Å². The monoisotopic (exact) mass is 496 g/mol. The van der Waals surface area contributed by atoms with E-state index in [0.29, 0.717) is 25.6 Å². The maximum atomic E-state index is 11.4. The first-order valence-electron chi connectivity index (χ1n) is 9.03. The van der Waals surface area contributed by atoms with Gasteiger partial charge < -0.3 is 10.6 Å². The fourth-order valence-electron chi connectivity index (χ4n) is 2.25. The molecule has 8 heteroatoms. The van der Waals surface area contributed by atoms with Crippen molar-refractivity contribution in [3.8, 4) is 0 Å². The standard InChI is InChI=1S/C18H32N4O2S.HI/c1-4-19-18(20-14-9-15-21-25(23,24)5-2)22-16(3)12-13-17-10-7-6-8-11-17;/h6-8,10-11,16,21H,4-5,9,12-15H2,1-3H3,(H2,19,20,22);1H. The Labute approximate surface area is 175 Å². The van der Waals surface area contributed by atoms with Crippen molar-refractivity contribution >= 4 is 40.0 Å². The van der Waals surface area contributed by atoms with Crippen LogP contribution in [-0.2, 0) is 16.4 Å². The minimum atomic E-state index is -3.11. The third kappa shape index (κ3) is 11.7. The molecule has 0 heterocycles. The van der Waals surface area contributed by atoms with Crippen LogP contribution in [0.2, 0.25) is 0 Å². The molecule has 0 bridgehead atoms. The number of rotatable bonds is 11. The molecule has 6 nitrogen and oxygen atoms in total. The van der Waals surface area contributed by atoms with Crippen LogP contribution in [0, 0.1) is 0 Å². The second-order valence-corrected chi connectivity index (χ2v) is 8.08. The molecule has 0 fully saturated rings. The molecule has 1 aromatic carbocycles. The smallest absolute Gasteiger partial charge is 0.211 e. The molecule has 0 spiro atoms. The first-order valence-corrected chi connectivity index (χ1v) is 10.7. The second-order valence-electron chi connectivity index (χ2n) is 5.98. The van der Waals surface area contributed by atoms with E-state index in [2.05, 4.69) is 51.5 Å². The molecule has 3 N–H and O–H groups in total. The normalized spacial score (nSPS) is 13.0. The minimum absolute atomic E-state index is 0. The molecular formula is C18H33IN4O2S. The van der Waals surface area contributed by atoms with Crippen molar-refractivity contribution in [2.45, 2.75) is 46.1 Å². The van der Waals surface area contributed by atoms with Crippen LogP contribution >= 0.6 is 24.0 Å². The Hall–Kier alpha value is -0.870. The number of hydrogen-bond donors (Lipinski definition) is 3. The van der Waals surface area contributed by atoms with Crippen molar-refractivity contribution < 1.29 is 8.42 Å². The van der Waals surface area contributed by atoms with Crippen molar-refractivity contribution in [2.24, 2.45) is 4.99 Å². The number of halogens is 1. The van der Waals surface area contributed by atoms with Gasteiger partial charge in [0.1, 0.15) is 0 Å². The van der Waals surface area contributed by atoms with Gasteiger partial charge in [0.15, 0.2) is 5.96 Å². The van der Waals surface area contributed by atoms with Crippen LogP contribution in [-0.4, -0.2) is 45.8 Å². The summed E-state index contributed by atoms with van der Waals surface area (Å²) < 4.78 is 25.3. The SMILES string of the molecule is CCNC(=NCCCNS(=O)(=O)CC)NC(C)CCc1ccccc1.I. The Morgan fingerprint density at radius 2 is 1.88 bits per heavy atom. The van der Waals surface area contributed by atoms with Gasteiger partial charge in [0, 0.05) is 25.7 Å². The summed E-state index contributed by atoms with van der Waals surface area (Å²) in [7, 11) is -3.11. The zero-order valence-corrected chi connectivity index (χ0v) is 19.1. The number of hydrogen-bond acceptors (Lipinski definition) is 3. The van der Waals surface area contributed by atoms with Crippen LogP contribution in [0.4, 0.5) is 0 Å². The zero-order chi connectivity index (χ0) is 18.5. The van der Waals surface area contributed by atoms with Crippen molar-refractivity contribution in [3.63, 3.8) is 0 Å². The summed E-state index contributed by atoms with van der Waals surface area (Å²) in [6.45, 7) is 7.59. The lowest BCUT2D eigenvalue weighted by Crippen LogP contribution is -2.42. The highest BCUT2D eigenvalue weighted by atomic mass is 127. The third-order valence-electron chi connectivity index (χ3n) is 3.74. The van der Waals surface area contributed by atoms with E-state index in [1.54, 1.807) is 6.92 Å². The van der Waals surface area contributed by atoms with Crippen LogP contribution in [0.15, 0.2) is 35.3 Å². The van der Waals surface area contributed by atoms with Gasteiger partial charge in [-0.3, -0.25) is 4.99 Å². The average molecular weight is 496 g/mol. The zero-order valence-electron chi connectivity index (χ0n) is 16.0. The first kappa shape index (κ1) is 25.1. The predicted octanol–water partition coefficient (Wildman–Crippen LogP) is 2.51. The number of guanidine groups is 1. The van der Waals surface area contributed by atoms with Crippen molar-refractivity contribution in [1.82, 2.24) is 15.4 Å². The molecule has 0 saturated carbocycles. The van der Waals surface area contributed by atoms with Crippen LogP contribution < -0.4 is 15.4 Å². The molecule has 1 aromatic rings. The Kier molecular flexibility index (Phi) is 13.7. The molecule has 0 saturated heterocycles. The summed E-state index contributed by atoms with van der Waals surface area (Å²) in [5, 5.41) is 6.64. The maximum Gasteiger partial charge on any atom is 0.211 e. The van der Waals surface area contributed by atoms with E-state index in [-0.39, 0.29) is 29.7 Å². The van der Waals surface area contributed by atoms with Gasteiger partial charge in [-0.1, -0.05) is 30.3 Å². The number of aliphatic imine (C=N–C) groups is 1. The Bertz CT molecular complexity index is 609. The first-order chi connectivity index (χ1) is 12.0. The lowest BCUT2D eigenvalue weighted by Gasteiger charge is -2.18. The van der Waals surface area contributed by atoms with E-state index in [1.165, 1.54) is 5.56 Å². The van der Waals surface area contributed by atoms with Crippen molar-refractivity contribution in [1.29, 1.82) is 0 Å². The number of nitrogens with zero attached hydrogens (tertiary/aromatic N) is 1. The van der Waals surface area contributed by atoms with E-state index in [1.807, 2.05) is 13.0 Å². The van der Waals surface area contributed by atoms with Crippen molar-refractivity contribution in [3.05, 3.63) is 35.9 Å². The summed E-state index contributed by atoms with van der Waals surface area (Å²) in [5.74, 6) is 0.890. The topological polar surface area (TPSA) is 82.6 Å². The van der Waals surface area contributed by atoms with Crippen LogP contribution in [0.3, 0.4) is 0 Å². The molecule has 1 unspecified atom stereocenters. The second kappa shape index (κ2) is 14.2. The number of nitrogens with one attached hydrogen (secondary N) is 3. The van der Waals surface area contributed by atoms with Gasteiger partial charge in [-0.05, 0) is 45.6 Å². The molecule has 0 aliphatic rings. The summed E-state index contributed by atoms with van der Waals surface area (Å²) in [5.41, 5.74) is 1.33. The molecule has 1 rings (SSSR count). The minimum Gasteiger partial charge on any atom is -0.357 e. The summed E-state index contributed by atoms with van der Waals surface area (Å²) in [4.78, 5) is 4.51.